The first-order valence-electron chi connectivity index (χ1n) is 9.30. The highest BCUT2D eigenvalue weighted by Gasteiger charge is 2.16. The number of anilines is 2. The first-order chi connectivity index (χ1) is 13.1. The molecule has 7 heteroatoms. The number of hydrogen-bond acceptors (Lipinski definition) is 4. The normalized spacial score (nSPS) is 12.5. The molecule has 2 aromatic carbocycles. The highest BCUT2D eigenvalue weighted by Crippen LogP contribution is 2.24. The molecule has 28 heavy (non-hydrogen) atoms. The van der Waals surface area contributed by atoms with Crippen molar-refractivity contribution in [3.05, 3.63) is 53.6 Å². The van der Waals surface area contributed by atoms with Crippen LogP contribution in [0.3, 0.4) is 0 Å². The summed E-state index contributed by atoms with van der Waals surface area (Å²) in [5.41, 5.74) is 3.39. The number of benzene rings is 2. The van der Waals surface area contributed by atoms with Crippen LogP contribution in [0.15, 0.2) is 42.5 Å². The lowest BCUT2D eigenvalue weighted by Crippen LogP contribution is -2.30. The van der Waals surface area contributed by atoms with E-state index in [0.717, 1.165) is 5.56 Å². The van der Waals surface area contributed by atoms with E-state index in [-0.39, 0.29) is 11.7 Å². The molecule has 0 saturated carbocycles. The number of carbonyl (C=O) groups excluding carboxylic acids is 1. The molecule has 2 aromatic rings. The van der Waals surface area contributed by atoms with Gasteiger partial charge in [-0.15, -0.1) is 0 Å². The zero-order valence-electron chi connectivity index (χ0n) is 16.9. The fraction of sp³-hybridized carbons (Fsp3) is 0.381. The molecule has 0 heterocycles. The lowest BCUT2D eigenvalue weighted by molar-refractivity contribution is -0.122. The molecule has 1 unspecified atom stereocenters. The summed E-state index contributed by atoms with van der Waals surface area (Å²) in [6.07, 6.45) is -0.678. The van der Waals surface area contributed by atoms with Crippen molar-refractivity contribution in [2.24, 2.45) is 0 Å². The minimum Gasteiger partial charge on any atom is -0.481 e. The molecule has 1 atom stereocenters. The van der Waals surface area contributed by atoms with Crippen LogP contribution in [0.4, 0.5) is 11.4 Å². The molecular weight excluding hydrogens is 376 g/mol. The highest BCUT2D eigenvalue weighted by molar-refractivity contribution is 7.92. The van der Waals surface area contributed by atoms with Gasteiger partial charge in [0.15, 0.2) is 6.10 Å². The molecule has 0 bridgehead atoms. The standard InChI is InChI=1S/C21H28N2O4S/c1-6-28(25,26)23-18-9-7-17(8-10-18)22-21(24)16(5)27-19-11-12-20(14(2)3)15(4)13-19/h7-14,16,23H,6H2,1-5H3,(H,22,24). The summed E-state index contributed by atoms with van der Waals surface area (Å²) in [4.78, 5) is 12.4. The first kappa shape index (κ1) is 21.8. The smallest absolute Gasteiger partial charge is 0.265 e. The van der Waals surface area contributed by atoms with E-state index in [1.165, 1.54) is 5.56 Å². The molecule has 0 saturated heterocycles. The molecule has 2 rings (SSSR count). The lowest BCUT2D eigenvalue weighted by Gasteiger charge is -2.17. The number of sulfonamides is 1. The van der Waals surface area contributed by atoms with Gasteiger partial charge >= 0.3 is 0 Å². The topological polar surface area (TPSA) is 84.5 Å². The Labute approximate surface area is 167 Å². The van der Waals surface area contributed by atoms with E-state index in [4.69, 9.17) is 4.74 Å². The third-order valence-corrected chi connectivity index (χ3v) is 5.66. The molecule has 0 aromatic heterocycles. The first-order valence-corrected chi connectivity index (χ1v) is 10.9. The van der Waals surface area contributed by atoms with Gasteiger partial charge in [-0.05, 0) is 74.2 Å². The predicted molar refractivity (Wildman–Crippen MR) is 114 cm³/mol. The molecule has 6 nitrogen and oxygen atoms in total. The number of aryl methyl sites for hydroxylation is 1. The third-order valence-electron chi connectivity index (χ3n) is 4.35. The zero-order valence-corrected chi connectivity index (χ0v) is 17.8. The van der Waals surface area contributed by atoms with Crippen LogP contribution in [-0.2, 0) is 14.8 Å². The van der Waals surface area contributed by atoms with Crippen molar-refractivity contribution in [3.63, 3.8) is 0 Å². The maximum Gasteiger partial charge on any atom is 0.265 e. The van der Waals surface area contributed by atoms with Crippen LogP contribution in [0.2, 0.25) is 0 Å². The molecule has 152 valence electrons. The van der Waals surface area contributed by atoms with Crippen LogP contribution in [0.5, 0.6) is 5.75 Å². The average Bonchev–Trinajstić information content (AvgIpc) is 2.62. The predicted octanol–water partition coefficient (Wildman–Crippen LogP) is 4.29. The fourth-order valence-electron chi connectivity index (χ4n) is 2.74. The van der Waals surface area contributed by atoms with E-state index in [2.05, 4.69) is 23.9 Å². The van der Waals surface area contributed by atoms with E-state index in [1.807, 2.05) is 25.1 Å². The highest BCUT2D eigenvalue weighted by atomic mass is 32.2. The average molecular weight is 405 g/mol. The summed E-state index contributed by atoms with van der Waals surface area (Å²) < 4.78 is 31.4. The van der Waals surface area contributed by atoms with E-state index in [0.29, 0.717) is 23.0 Å². The fourth-order valence-corrected chi connectivity index (χ4v) is 3.38. The van der Waals surface area contributed by atoms with Crippen LogP contribution in [0.25, 0.3) is 0 Å². The number of hydrogen-bond donors (Lipinski definition) is 2. The Morgan fingerprint density at radius 3 is 2.18 bits per heavy atom. The second-order valence-corrected chi connectivity index (χ2v) is 9.02. The van der Waals surface area contributed by atoms with Crippen LogP contribution < -0.4 is 14.8 Å². The summed E-state index contributed by atoms with van der Waals surface area (Å²) in [7, 11) is -3.33. The molecular formula is C21H28N2O4S. The second kappa shape index (κ2) is 9.10. The van der Waals surface area contributed by atoms with E-state index >= 15 is 0 Å². The molecule has 1 amide bonds. The van der Waals surface area contributed by atoms with E-state index in [1.54, 1.807) is 38.1 Å². The number of ether oxygens (including phenoxy) is 1. The Hall–Kier alpha value is -2.54. The Kier molecular flexibility index (Phi) is 7.07. The molecule has 2 N–H and O–H groups in total. The molecule has 0 aliphatic carbocycles. The van der Waals surface area contributed by atoms with Gasteiger partial charge in [-0.25, -0.2) is 8.42 Å². The SMILES string of the molecule is CCS(=O)(=O)Nc1ccc(NC(=O)C(C)Oc2ccc(C(C)C)c(C)c2)cc1. The van der Waals surface area contributed by atoms with Gasteiger partial charge in [0.2, 0.25) is 10.0 Å². The summed E-state index contributed by atoms with van der Waals surface area (Å²) in [5, 5.41) is 2.77. The van der Waals surface area contributed by atoms with Crippen molar-refractivity contribution in [1.29, 1.82) is 0 Å². The van der Waals surface area contributed by atoms with E-state index < -0.39 is 16.1 Å². The molecule has 0 fully saturated rings. The largest absolute Gasteiger partial charge is 0.481 e. The van der Waals surface area contributed by atoms with Crippen molar-refractivity contribution in [3.8, 4) is 5.75 Å². The van der Waals surface area contributed by atoms with Crippen molar-refractivity contribution in [1.82, 2.24) is 0 Å². The van der Waals surface area contributed by atoms with Gasteiger partial charge in [0.05, 0.1) is 5.75 Å². The third kappa shape index (κ3) is 5.99. The van der Waals surface area contributed by atoms with E-state index in [9.17, 15) is 13.2 Å². The Bertz CT molecular complexity index is 922. The summed E-state index contributed by atoms with van der Waals surface area (Å²) in [5.74, 6) is 0.790. The van der Waals surface area contributed by atoms with Crippen molar-refractivity contribution in [2.75, 3.05) is 15.8 Å². The van der Waals surface area contributed by atoms with Crippen molar-refractivity contribution in [2.45, 2.75) is 46.6 Å². The number of amides is 1. The van der Waals surface area contributed by atoms with Crippen LogP contribution in [-0.4, -0.2) is 26.2 Å². The second-order valence-electron chi connectivity index (χ2n) is 7.01. The van der Waals surface area contributed by atoms with Crippen LogP contribution >= 0.6 is 0 Å². The van der Waals surface area contributed by atoms with Gasteiger partial charge in [-0.1, -0.05) is 19.9 Å². The number of rotatable bonds is 8. The lowest BCUT2D eigenvalue weighted by atomic mass is 9.98. The Morgan fingerprint density at radius 1 is 1.04 bits per heavy atom. The van der Waals surface area contributed by atoms with Gasteiger partial charge in [-0.2, -0.15) is 0 Å². The van der Waals surface area contributed by atoms with Crippen molar-refractivity contribution >= 4 is 27.3 Å². The number of nitrogens with one attached hydrogen (secondary N) is 2. The summed E-state index contributed by atoms with van der Waals surface area (Å²) in [6, 6.07) is 12.3. The van der Waals surface area contributed by atoms with Crippen LogP contribution in [0.1, 0.15) is 44.7 Å². The Balaban J connectivity index is 1.98. The van der Waals surface area contributed by atoms with Gasteiger partial charge in [0, 0.05) is 11.4 Å². The molecule has 0 radical (unpaired) electrons. The Morgan fingerprint density at radius 2 is 1.64 bits per heavy atom. The van der Waals surface area contributed by atoms with Crippen molar-refractivity contribution < 1.29 is 17.9 Å². The van der Waals surface area contributed by atoms with Gasteiger partial charge in [0.1, 0.15) is 5.75 Å². The summed E-state index contributed by atoms with van der Waals surface area (Å²) >= 11 is 0. The summed E-state index contributed by atoms with van der Waals surface area (Å²) in [6.45, 7) is 9.55. The van der Waals surface area contributed by atoms with Gasteiger partial charge < -0.3 is 10.1 Å². The quantitative estimate of drug-likeness (QED) is 0.687. The minimum absolute atomic E-state index is 0.00202. The van der Waals surface area contributed by atoms with Gasteiger partial charge in [-0.3, -0.25) is 9.52 Å². The minimum atomic E-state index is -3.33. The molecule has 0 aliphatic heterocycles. The molecule has 0 aliphatic rings. The van der Waals surface area contributed by atoms with Gasteiger partial charge in [0.25, 0.3) is 5.91 Å². The van der Waals surface area contributed by atoms with Crippen LogP contribution in [0, 0.1) is 6.92 Å². The maximum absolute atomic E-state index is 12.4. The monoisotopic (exact) mass is 404 g/mol. The number of carbonyl (C=O) groups is 1. The zero-order chi connectivity index (χ0) is 20.9. The molecule has 0 spiro atoms. The maximum atomic E-state index is 12.4.